The maximum Gasteiger partial charge on any atom is 0.251 e. The Morgan fingerprint density at radius 3 is 2.32 bits per heavy atom. The molecule has 4 aromatic rings. The number of nitrogens with one attached hydrogen (secondary N) is 1. The van der Waals surface area contributed by atoms with Crippen molar-refractivity contribution in [2.75, 3.05) is 0 Å². The fourth-order valence-corrected chi connectivity index (χ4v) is 3.50. The van der Waals surface area contributed by atoms with Gasteiger partial charge in [0.05, 0.1) is 0 Å². The Morgan fingerprint density at radius 2 is 1.68 bits per heavy atom. The van der Waals surface area contributed by atoms with Crippen molar-refractivity contribution in [3.63, 3.8) is 0 Å². The predicted octanol–water partition coefficient (Wildman–Crippen LogP) is 6.49. The van der Waals surface area contributed by atoms with Gasteiger partial charge in [0, 0.05) is 16.1 Å². The molecule has 174 valence electrons. The number of hydrogen-bond donors (Lipinski definition) is 1. The molecule has 1 atom stereocenters. The third-order valence-electron chi connectivity index (χ3n) is 5.30. The first-order valence-corrected chi connectivity index (χ1v) is 11.3. The third kappa shape index (κ3) is 5.83. The standard InChI is InChI=1S/C27H26ClN3O3/c1-27(2,3)23(26-30-24(31-34-26)19-7-5-4-6-8-19)29-25(32)20-11-15-22(16-12-20)33-17-18-9-13-21(28)14-10-18/h4-16,23H,17H2,1-3H3,(H,29,32). The zero-order valence-electron chi connectivity index (χ0n) is 19.3. The van der Waals surface area contributed by atoms with Gasteiger partial charge < -0.3 is 14.6 Å². The number of carbonyl (C=O) groups excluding carboxylic acids is 1. The second kappa shape index (κ2) is 10.1. The summed E-state index contributed by atoms with van der Waals surface area (Å²) in [5, 5.41) is 7.83. The van der Waals surface area contributed by atoms with Gasteiger partial charge >= 0.3 is 0 Å². The van der Waals surface area contributed by atoms with Crippen molar-refractivity contribution < 1.29 is 14.1 Å². The first-order valence-electron chi connectivity index (χ1n) is 11.0. The summed E-state index contributed by atoms with van der Waals surface area (Å²) in [4.78, 5) is 17.6. The molecule has 34 heavy (non-hydrogen) atoms. The summed E-state index contributed by atoms with van der Waals surface area (Å²) in [5.41, 5.74) is 2.02. The zero-order chi connectivity index (χ0) is 24.1. The molecule has 0 saturated heterocycles. The van der Waals surface area contributed by atoms with E-state index in [-0.39, 0.29) is 11.3 Å². The van der Waals surface area contributed by atoms with Gasteiger partial charge in [0.25, 0.3) is 5.91 Å². The largest absolute Gasteiger partial charge is 0.489 e. The average Bonchev–Trinajstić information content (AvgIpc) is 3.32. The highest BCUT2D eigenvalue weighted by atomic mass is 35.5. The highest BCUT2D eigenvalue weighted by molar-refractivity contribution is 6.30. The van der Waals surface area contributed by atoms with Gasteiger partial charge in [-0.25, -0.2) is 0 Å². The number of ether oxygens (including phenoxy) is 1. The van der Waals surface area contributed by atoms with E-state index in [1.807, 2.05) is 75.4 Å². The molecule has 0 saturated carbocycles. The molecular weight excluding hydrogens is 450 g/mol. The number of halogens is 1. The van der Waals surface area contributed by atoms with Crippen LogP contribution in [0.3, 0.4) is 0 Å². The molecule has 0 fully saturated rings. The lowest BCUT2D eigenvalue weighted by atomic mass is 9.86. The molecule has 0 radical (unpaired) electrons. The Hall–Kier alpha value is -3.64. The number of rotatable bonds is 7. The van der Waals surface area contributed by atoms with E-state index in [0.717, 1.165) is 11.1 Å². The molecule has 0 spiro atoms. The van der Waals surface area contributed by atoms with E-state index in [9.17, 15) is 4.79 Å². The van der Waals surface area contributed by atoms with E-state index in [0.29, 0.717) is 34.7 Å². The Balaban J connectivity index is 1.44. The van der Waals surface area contributed by atoms with Crippen LogP contribution < -0.4 is 10.1 Å². The summed E-state index contributed by atoms with van der Waals surface area (Å²) < 4.78 is 11.3. The molecule has 3 aromatic carbocycles. The fourth-order valence-electron chi connectivity index (χ4n) is 3.37. The number of amides is 1. The average molecular weight is 476 g/mol. The molecular formula is C27H26ClN3O3. The molecule has 0 aliphatic heterocycles. The van der Waals surface area contributed by atoms with Gasteiger partial charge in [-0.2, -0.15) is 4.98 Å². The smallest absolute Gasteiger partial charge is 0.251 e. The molecule has 1 aromatic heterocycles. The summed E-state index contributed by atoms with van der Waals surface area (Å²) in [6.07, 6.45) is 0. The minimum absolute atomic E-state index is 0.233. The van der Waals surface area contributed by atoms with Gasteiger partial charge in [0.2, 0.25) is 11.7 Å². The number of carbonyl (C=O) groups is 1. The Labute approximate surface area is 203 Å². The van der Waals surface area contributed by atoms with Gasteiger partial charge in [-0.15, -0.1) is 0 Å². The normalized spacial score (nSPS) is 12.2. The van der Waals surface area contributed by atoms with Crippen molar-refractivity contribution in [1.82, 2.24) is 15.5 Å². The summed E-state index contributed by atoms with van der Waals surface area (Å²) in [6, 6.07) is 23.6. The molecule has 7 heteroatoms. The van der Waals surface area contributed by atoms with E-state index in [4.69, 9.17) is 20.9 Å². The SMILES string of the molecule is CC(C)(C)C(NC(=O)c1ccc(OCc2ccc(Cl)cc2)cc1)c1nc(-c2ccccc2)no1. The Kier molecular flexibility index (Phi) is 6.98. The topological polar surface area (TPSA) is 77.2 Å². The number of benzene rings is 3. The second-order valence-electron chi connectivity index (χ2n) is 9.03. The molecule has 0 bridgehead atoms. The van der Waals surface area contributed by atoms with Crippen LogP contribution in [-0.4, -0.2) is 16.0 Å². The van der Waals surface area contributed by atoms with Gasteiger partial charge in [-0.3, -0.25) is 4.79 Å². The lowest BCUT2D eigenvalue weighted by Crippen LogP contribution is -2.36. The maximum atomic E-state index is 13.0. The van der Waals surface area contributed by atoms with Crippen LogP contribution in [0.5, 0.6) is 5.75 Å². The first kappa shape index (κ1) is 23.5. The lowest BCUT2D eigenvalue weighted by Gasteiger charge is -2.28. The minimum Gasteiger partial charge on any atom is -0.489 e. The van der Waals surface area contributed by atoms with Gasteiger partial charge in [0.1, 0.15) is 18.4 Å². The Morgan fingerprint density at radius 1 is 1.00 bits per heavy atom. The molecule has 1 unspecified atom stereocenters. The highest BCUT2D eigenvalue weighted by Gasteiger charge is 2.33. The molecule has 1 N–H and O–H groups in total. The van der Waals surface area contributed by atoms with Gasteiger partial charge in [0.15, 0.2) is 0 Å². The Bertz CT molecular complexity index is 1230. The van der Waals surface area contributed by atoms with E-state index >= 15 is 0 Å². The maximum absolute atomic E-state index is 13.0. The predicted molar refractivity (Wildman–Crippen MR) is 132 cm³/mol. The van der Waals surface area contributed by atoms with Crippen molar-refractivity contribution in [3.05, 3.63) is 101 Å². The van der Waals surface area contributed by atoms with Crippen LogP contribution in [0.25, 0.3) is 11.4 Å². The summed E-state index contributed by atoms with van der Waals surface area (Å²) in [6.45, 7) is 6.45. The number of hydrogen-bond acceptors (Lipinski definition) is 5. The lowest BCUT2D eigenvalue weighted by molar-refractivity contribution is 0.0880. The zero-order valence-corrected chi connectivity index (χ0v) is 20.0. The first-order chi connectivity index (χ1) is 16.3. The van der Waals surface area contributed by atoms with Crippen LogP contribution in [0.15, 0.2) is 83.4 Å². The van der Waals surface area contributed by atoms with Crippen LogP contribution in [-0.2, 0) is 6.61 Å². The quantitative estimate of drug-likeness (QED) is 0.330. The van der Waals surface area contributed by atoms with Crippen LogP contribution >= 0.6 is 11.6 Å². The van der Waals surface area contributed by atoms with Crippen molar-refractivity contribution >= 4 is 17.5 Å². The third-order valence-corrected chi connectivity index (χ3v) is 5.55. The molecule has 6 nitrogen and oxygen atoms in total. The van der Waals surface area contributed by atoms with Crippen molar-refractivity contribution in [2.45, 2.75) is 33.4 Å². The summed E-state index contributed by atoms with van der Waals surface area (Å²) in [7, 11) is 0. The molecule has 4 rings (SSSR count). The van der Waals surface area contributed by atoms with Crippen molar-refractivity contribution in [3.8, 4) is 17.1 Å². The van der Waals surface area contributed by atoms with Crippen LogP contribution in [0, 0.1) is 5.41 Å². The highest BCUT2D eigenvalue weighted by Crippen LogP contribution is 2.33. The van der Waals surface area contributed by atoms with Crippen LogP contribution in [0.2, 0.25) is 5.02 Å². The van der Waals surface area contributed by atoms with Crippen LogP contribution in [0.1, 0.15) is 48.6 Å². The summed E-state index contributed by atoms with van der Waals surface area (Å²) in [5.74, 6) is 1.29. The van der Waals surface area contributed by atoms with Gasteiger partial charge in [-0.05, 0) is 47.4 Å². The molecule has 1 heterocycles. The monoisotopic (exact) mass is 475 g/mol. The van der Waals surface area contributed by atoms with Crippen molar-refractivity contribution in [2.24, 2.45) is 5.41 Å². The van der Waals surface area contributed by atoms with Crippen molar-refractivity contribution in [1.29, 1.82) is 0 Å². The number of nitrogens with zero attached hydrogens (tertiary/aromatic N) is 2. The van der Waals surface area contributed by atoms with E-state index in [1.165, 1.54) is 0 Å². The molecule has 0 aliphatic rings. The second-order valence-corrected chi connectivity index (χ2v) is 9.47. The summed E-state index contributed by atoms with van der Waals surface area (Å²) >= 11 is 5.92. The van der Waals surface area contributed by atoms with Crippen LogP contribution in [0.4, 0.5) is 0 Å². The molecule has 1 amide bonds. The van der Waals surface area contributed by atoms with E-state index in [1.54, 1.807) is 24.3 Å². The minimum atomic E-state index is -0.467. The fraction of sp³-hybridized carbons (Fsp3) is 0.222. The van der Waals surface area contributed by atoms with E-state index < -0.39 is 6.04 Å². The van der Waals surface area contributed by atoms with E-state index in [2.05, 4.69) is 15.5 Å². The number of aromatic nitrogens is 2. The van der Waals surface area contributed by atoms with Gasteiger partial charge in [-0.1, -0.05) is 80.0 Å². The molecule has 0 aliphatic carbocycles.